The summed E-state index contributed by atoms with van der Waals surface area (Å²) in [5.41, 5.74) is 9.83. The highest BCUT2D eigenvalue weighted by molar-refractivity contribution is 5.95. The second-order valence-electron chi connectivity index (χ2n) is 5.05. The number of anilines is 1. The molecule has 5 heteroatoms. The van der Waals surface area contributed by atoms with Crippen molar-refractivity contribution in [2.24, 2.45) is 12.8 Å². The molecule has 0 fully saturated rings. The Balaban J connectivity index is 2.28. The number of aryl methyl sites for hydroxylation is 2. The Morgan fingerprint density at radius 2 is 2.10 bits per heavy atom. The highest BCUT2D eigenvalue weighted by Crippen LogP contribution is 2.25. The number of amides is 1. The summed E-state index contributed by atoms with van der Waals surface area (Å²) in [5, 5.41) is 7.76. The van der Waals surface area contributed by atoms with Crippen molar-refractivity contribution < 1.29 is 4.79 Å². The molecule has 20 heavy (non-hydrogen) atoms. The van der Waals surface area contributed by atoms with Crippen LogP contribution >= 0.6 is 0 Å². The number of nitrogens with two attached hydrogens (primary N) is 1. The van der Waals surface area contributed by atoms with Crippen molar-refractivity contribution in [3.05, 3.63) is 46.8 Å². The second-order valence-corrected chi connectivity index (χ2v) is 5.05. The lowest BCUT2D eigenvalue weighted by molar-refractivity contribution is 0.1000. The minimum absolute atomic E-state index is 0.102. The van der Waals surface area contributed by atoms with E-state index >= 15 is 0 Å². The number of rotatable bonds is 4. The van der Waals surface area contributed by atoms with Gasteiger partial charge < -0.3 is 11.1 Å². The van der Waals surface area contributed by atoms with Gasteiger partial charge in [0.2, 0.25) is 5.91 Å². The predicted molar refractivity (Wildman–Crippen MR) is 79.7 cm³/mol. The van der Waals surface area contributed by atoms with E-state index in [-0.39, 0.29) is 6.04 Å². The number of nitrogens with one attached hydrogen (secondary N) is 1. The Labute approximate surface area is 118 Å². The van der Waals surface area contributed by atoms with Gasteiger partial charge in [0.1, 0.15) is 0 Å². The molecule has 1 unspecified atom stereocenters. The summed E-state index contributed by atoms with van der Waals surface area (Å²) < 4.78 is 1.80. The number of hydrogen-bond acceptors (Lipinski definition) is 3. The Hall–Kier alpha value is -2.30. The molecule has 1 atom stereocenters. The lowest BCUT2D eigenvalue weighted by Gasteiger charge is -2.17. The predicted octanol–water partition coefficient (Wildman–Crippen LogP) is 2.31. The fraction of sp³-hybridized carbons (Fsp3) is 0.333. The number of aromatic nitrogens is 2. The number of benzene rings is 1. The summed E-state index contributed by atoms with van der Waals surface area (Å²) >= 11 is 0. The molecule has 0 saturated carbocycles. The molecule has 0 aliphatic rings. The van der Waals surface area contributed by atoms with Crippen LogP contribution in [0.25, 0.3) is 0 Å². The summed E-state index contributed by atoms with van der Waals surface area (Å²) in [7, 11) is 1.90. The van der Waals surface area contributed by atoms with Gasteiger partial charge in [-0.25, -0.2) is 0 Å². The van der Waals surface area contributed by atoms with Gasteiger partial charge in [-0.05, 0) is 38.5 Å². The first-order chi connectivity index (χ1) is 9.40. The molecule has 1 heterocycles. The molecule has 0 bridgehead atoms. The maximum absolute atomic E-state index is 11.4. The molecule has 0 spiro atoms. The van der Waals surface area contributed by atoms with Crippen LogP contribution in [-0.4, -0.2) is 15.7 Å². The largest absolute Gasteiger partial charge is 0.378 e. The standard InChI is InChI=1S/C15H20N4O/c1-9-12(15(16)20)6-5-7-14(9)17-10(2)13-8-19(4)18-11(13)3/h5-8,10,17H,1-4H3,(H2,16,20). The van der Waals surface area contributed by atoms with Crippen LogP contribution in [0, 0.1) is 13.8 Å². The lowest BCUT2D eigenvalue weighted by atomic mass is 10.0. The topological polar surface area (TPSA) is 72.9 Å². The van der Waals surface area contributed by atoms with E-state index in [4.69, 9.17) is 5.73 Å². The average Bonchev–Trinajstić information content (AvgIpc) is 2.70. The molecule has 1 aromatic carbocycles. The number of hydrogen-bond donors (Lipinski definition) is 2. The van der Waals surface area contributed by atoms with Crippen molar-refractivity contribution in [2.45, 2.75) is 26.8 Å². The van der Waals surface area contributed by atoms with E-state index in [0.717, 1.165) is 22.5 Å². The third-order valence-corrected chi connectivity index (χ3v) is 3.49. The highest BCUT2D eigenvalue weighted by atomic mass is 16.1. The van der Waals surface area contributed by atoms with E-state index in [2.05, 4.69) is 17.3 Å². The summed E-state index contributed by atoms with van der Waals surface area (Å²) in [5.74, 6) is -0.406. The number of carbonyl (C=O) groups is 1. The monoisotopic (exact) mass is 272 g/mol. The Morgan fingerprint density at radius 3 is 2.65 bits per heavy atom. The van der Waals surface area contributed by atoms with Crippen molar-refractivity contribution in [3.63, 3.8) is 0 Å². The Morgan fingerprint density at radius 1 is 1.40 bits per heavy atom. The van der Waals surface area contributed by atoms with E-state index in [9.17, 15) is 4.79 Å². The summed E-state index contributed by atoms with van der Waals surface area (Å²) in [4.78, 5) is 11.4. The first-order valence-electron chi connectivity index (χ1n) is 6.56. The molecule has 2 rings (SSSR count). The summed E-state index contributed by atoms with van der Waals surface area (Å²) in [6.07, 6.45) is 2.00. The minimum Gasteiger partial charge on any atom is -0.378 e. The maximum atomic E-state index is 11.4. The highest BCUT2D eigenvalue weighted by Gasteiger charge is 2.14. The van der Waals surface area contributed by atoms with E-state index in [1.54, 1.807) is 10.7 Å². The zero-order valence-corrected chi connectivity index (χ0v) is 12.3. The molecule has 0 aliphatic carbocycles. The molecule has 0 aliphatic heterocycles. The number of primary amides is 1. The second kappa shape index (κ2) is 5.36. The van der Waals surface area contributed by atoms with Gasteiger partial charge >= 0.3 is 0 Å². The molecule has 2 aromatic rings. The van der Waals surface area contributed by atoms with Gasteiger partial charge in [0.25, 0.3) is 0 Å². The van der Waals surface area contributed by atoms with Gasteiger partial charge in [-0.1, -0.05) is 6.07 Å². The van der Waals surface area contributed by atoms with Crippen LogP contribution in [0.5, 0.6) is 0 Å². The fourth-order valence-corrected chi connectivity index (χ4v) is 2.41. The van der Waals surface area contributed by atoms with Gasteiger partial charge in [-0.3, -0.25) is 9.48 Å². The number of carbonyl (C=O) groups excluding carboxylic acids is 1. The zero-order chi connectivity index (χ0) is 14.9. The molecular weight excluding hydrogens is 252 g/mol. The van der Waals surface area contributed by atoms with E-state index < -0.39 is 5.91 Å². The van der Waals surface area contributed by atoms with Gasteiger partial charge in [0, 0.05) is 30.1 Å². The van der Waals surface area contributed by atoms with Crippen molar-refractivity contribution in [1.82, 2.24) is 9.78 Å². The van der Waals surface area contributed by atoms with Crippen molar-refractivity contribution in [2.75, 3.05) is 5.32 Å². The summed E-state index contributed by atoms with van der Waals surface area (Å²) in [6, 6.07) is 5.62. The molecular formula is C15H20N4O. The quantitative estimate of drug-likeness (QED) is 0.897. The smallest absolute Gasteiger partial charge is 0.249 e. The van der Waals surface area contributed by atoms with Gasteiger partial charge in [-0.15, -0.1) is 0 Å². The molecule has 3 N–H and O–H groups in total. The lowest BCUT2D eigenvalue weighted by Crippen LogP contribution is -2.15. The van der Waals surface area contributed by atoms with Crippen molar-refractivity contribution in [1.29, 1.82) is 0 Å². The van der Waals surface area contributed by atoms with E-state index in [1.165, 1.54) is 0 Å². The van der Waals surface area contributed by atoms with Crippen LogP contribution in [0.15, 0.2) is 24.4 Å². The zero-order valence-electron chi connectivity index (χ0n) is 12.3. The Bertz CT molecular complexity index is 645. The molecule has 0 saturated heterocycles. The molecule has 0 radical (unpaired) electrons. The fourth-order valence-electron chi connectivity index (χ4n) is 2.41. The maximum Gasteiger partial charge on any atom is 0.249 e. The minimum atomic E-state index is -0.406. The van der Waals surface area contributed by atoms with Crippen LogP contribution in [0.2, 0.25) is 0 Å². The Kier molecular flexibility index (Phi) is 3.79. The third kappa shape index (κ3) is 2.66. The first kappa shape index (κ1) is 14.1. The SMILES string of the molecule is Cc1nn(C)cc1C(C)Nc1cccc(C(N)=O)c1C. The molecule has 1 amide bonds. The van der Waals surface area contributed by atoms with Crippen LogP contribution < -0.4 is 11.1 Å². The van der Waals surface area contributed by atoms with Crippen LogP contribution in [0.1, 0.15) is 40.1 Å². The van der Waals surface area contributed by atoms with E-state index in [1.807, 2.05) is 39.2 Å². The average molecular weight is 272 g/mol. The van der Waals surface area contributed by atoms with Gasteiger partial charge in [0.05, 0.1) is 11.7 Å². The van der Waals surface area contributed by atoms with Crippen molar-refractivity contribution in [3.8, 4) is 0 Å². The summed E-state index contributed by atoms with van der Waals surface area (Å²) in [6.45, 7) is 5.95. The first-order valence-corrected chi connectivity index (χ1v) is 6.56. The van der Waals surface area contributed by atoms with E-state index in [0.29, 0.717) is 5.56 Å². The van der Waals surface area contributed by atoms with Gasteiger partial charge in [-0.2, -0.15) is 5.10 Å². The third-order valence-electron chi connectivity index (χ3n) is 3.49. The molecule has 5 nitrogen and oxygen atoms in total. The van der Waals surface area contributed by atoms with Crippen LogP contribution in [0.4, 0.5) is 5.69 Å². The number of nitrogens with zero attached hydrogens (tertiary/aromatic N) is 2. The van der Waals surface area contributed by atoms with Crippen molar-refractivity contribution >= 4 is 11.6 Å². The van der Waals surface area contributed by atoms with Crippen LogP contribution in [0.3, 0.4) is 0 Å². The normalized spacial score (nSPS) is 12.2. The van der Waals surface area contributed by atoms with Gasteiger partial charge in [0.15, 0.2) is 0 Å². The van der Waals surface area contributed by atoms with Crippen LogP contribution in [-0.2, 0) is 7.05 Å². The molecule has 106 valence electrons. The molecule has 1 aromatic heterocycles.